The van der Waals surface area contributed by atoms with Crippen LogP contribution in [0.15, 0.2) is 36.4 Å². The van der Waals surface area contributed by atoms with E-state index in [0.717, 1.165) is 0 Å². The van der Waals surface area contributed by atoms with Crippen LogP contribution in [-0.4, -0.2) is 24.2 Å². The smallest absolute Gasteiger partial charge is 0.340 e. The van der Waals surface area contributed by atoms with Gasteiger partial charge in [0.05, 0.1) is 18.2 Å². The van der Waals surface area contributed by atoms with E-state index < -0.39 is 17.8 Å². The highest BCUT2D eigenvalue weighted by molar-refractivity contribution is 5.93. The Hall–Kier alpha value is -2.69. The SMILES string of the molecule is COC(=O)c1ccc(-c2cccc(C(=O)O)c2C)cc1F. The first kappa shape index (κ1) is 14.7. The van der Waals surface area contributed by atoms with E-state index in [1.54, 1.807) is 25.1 Å². The highest BCUT2D eigenvalue weighted by Gasteiger charge is 2.15. The molecule has 0 fully saturated rings. The van der Waals surface area contributed by atoms with Crippen molar-refractivity contribution in [3.63, 3.8) is 0 Å². The Morgan fingerprint density at radius 1 is 1.14 bits per heavy atom. The predicted molar refractivity (Wildman–Crippen MR) is 74.9 cm³/mol. The summed E-state index contributed by atoms with van der Waals surface area (Å²) in [5.41, 5.74) is 1.64. The van der Waals surface area contributed by atoms with Crippen LogP contribution in [0.5, 0.6) is 0 Å². The highest BCUT2D eigenvalue weighted by atomic mass is 19.1. The van der Waals surface area contributed by atoms with E-state index in [2.05, 4.69) is 4.74 Å². The molecular formula is C16H13FO4. The molecule has 0 saturated carbocycles. The molecule has 0 saturated heterocycles. The maximum atomic E-state index is 13.9. The summed E-state index contributed by atoms with van der Waals surface area (Å²) in [6, 6.07) is 8.86. The van der Waals surface area contributed by atoms with Gasteiger partial charge >= 0.3 is 11.9 Å². The van der Waals surface area contributed by atoms with Crippen molar-refractivity contribution >= 4 is 11.9 Å². The maximum Gasteiger partial charge on any atom is 0.340 e. The molecule has 2 rings (SSSR count). The van der Waals surface area contributed by atoms with Gasteiger partial charge in [-0.1, -0.05) is 18.2 Å². The molecule has 0 spiro atoms. The molecule has 0 unspecified atom stereocenters. The van der Waals surface area contributed by atoms with Crippen LogP contribution in [0.3, 0.4) is 0 Å². The summed E-state index contributed by atoms with van der Waals surface area (Å²) in [4.78, 5) is 22.5. The number of halogens is 1. The molecule has 0 atom stereocenters. The van der Waals surface area contributed by atoms with Gasteiger partial charge in [0.2, 0.25) is 0 Å². The zero-order valence-corrected chi connectivity index (χ0v) is 11.5. The van der Waals surface area contributed by atoms with Crippen LogP contribution in [0.2, 0.25) is 0 Å². The Morgan fingerprint density at radius 3 is 2.43 bits per heavy atom. The normalized spacial score (nSPS) is 10.2. The van der Waals surface area contributed by atoms with E-state index in [1.165, 1.54) is 25.3 Å². The number of hydrogen-bond acceptors (Lipinski definition) is 3. The third-order valence-corrected chi connectivity index (χ3v) is 3.25. The van der Waals surface area contributed by atoms with Gasteiger partial charge in [0.1, 0.15) is 5.82 Å². The van der Waals surface area contributed by atoms with E-state index in [1.807, 2.05) is 0 Å². The van der Waals surface area contributed by atoms with Gasteiger partial charge in [-0.25, -0.2) is 14.0 Å². The first-order valence-electron chi connectivity index (χ1n) is 6.17. The largest absolute Gasteiger partial charge is 0.478 e. The summed E-state index contributed by atoms with van der Waals surface area (Å²) < 4.78 is 18.4. The van der Waals surface area contributed by atoms with Gasteiger partial charge in [0.25, 0.3) is 0 Å². The second-order valence-electron chi connectivity index (χ2n) is 4.47. The number of rotatable bonds is 3. The van der Waals surface area contributed by atoms with Gasteiger partial charge in [0.15, 0.2) is 0 Å². The topological polar surface area (TPSA) is 63.6 Å². The van der Waals surface area contributed by atoms with E-state index in [4.69, 9.17) is 5.11 Å². The van der Waals surface area contributed by atoms with Crippen LogP contribution in [0, 0.1) is 12.7 Å². The molecule has 0 radical (unpaired) electrons. The zero-order chi connectivity index (χ0) is 15.6. The lowest BCUT2D eigenvalue weighted by molar-refractivity contribution is 0.0594. The lowest BCUT2D eigenvalue weighted by Gasteiger charge is -2.10. The molecule has 21 heavy (non-hydrogen) atoms. The van der Waals surface area contributed by atoms with Gasteiger partial charge < -0.3 is 9.84 Å². The summed E-state index contributed by atoms with van der Waals surface area (Å²) >= 11 is 0. The minimum Gasteiger partial charge on any atom is -0.478 e. The Labute approximate surface area is 120 Å². The number of carboxylic acid groups (broad SMARTS) is 1. The van der Waals surface area contributed by atoms with Gasteiger partial charge in [0, 0.05) is 0 Å². The van der Waals surface area contributed by atoms with Gasteiger partial charge in [-0.2, -0.15) is 0 Å². The molecule has 1 N–H and O–H groups in total. The van der Waals surface area contributed by atoms with E-state index in [9.17, 15) is 14.0 Å². The maximum absolute atomic E-state index is 13.9. The number of benzene rings is 2. The fraction of sp³-hybridized carbons (Fsp3) is 0.125. The second kappa shape index (κ2) is 5.75. The van der Waals surface area contributed by atoms with Crippen molar-refractivity contribution in [1.82, 2.24) is 0 Å². The van der Waals surface area contributed by atoms with Crippen LogP contribution in [0.4, 0.5) is 4.39 Å². The summed E-state index contributed by atoms with van der Waals surface area (Å²) in [5.74, 6) is -2.50. The average molecular weight is 288 g/mol. The number of hydrogen-bond donors (Lipinski definition) is 1. The number of carbonyl (C=O) groups excluding carboxylic acids is 1. The molecule has 0 aliphatic rings. The average Bonchev–Trinajstić information content (AvgIpc) is 2.46. The molecule has 5 heteroatoms. The quantitative estimate of drug-likeness (QED) is 0.880. The number of carbonyl (C=O) groups is 2. The number of carboxylic acids is 1. The van der Waals surface area contributed by atoms with Gasteiger partial charge in [-0.3, -0.25) is 0 Å². The lowest BCUT2D eigenvalue weighted by atomic mass is 9.95. The number of methoxy groups -OCH3 is 1. The van der Waals surface area contributed by atoms with Crippen molar-refractivity contribution in [2.75, 3.05) is 7.11 Å². The standard InChI is InChI=1S/C16H13FO4/c1-9-11(4-3-5-12(9)15(18)19)10-6-7-13(14(17)8-10)16(20)21-2/h3-8H,1-2H3,(H,18,19). The van der Waals surface area contributed by atoms with E-state index in [0.29, 0.717) is 16.7 Å². The lowest BCUT2D eigenvalue weighted by Crippen LogP contribution is -2.05. The van der Waals surface area contributed by atoms with Gasteiger partial charge in [-0.15, -0.1) is 0 Å². The fourth-order valence-corrected chi connectivity index (χ4v) is 2.14. The highest BCUT2D eigenvalue weighted by Crippen LogP contribution is 2.27. The van der Waals surface area contributed by atoms with Crippen molar-refractivity contribution < 1.29 is 23.8 Å². The number of aromatic carboxylic acids is 1. The molecule has 0 heterocycles. The van der Waals surface area contributed by atoms with Crippen molar-refractivity contribution in [3.05, 3.63) is 58.9 Å². The summed E-state index contributed by atoms with van der Waals surface area (Å²) in [5, 5.41) is 9.11. The molecule has 0 bridgehead atoms. The molecule has 4 nitrogen and oxygen atoms in total. The molecule has 0 aliphatic carbocycles. The Balaban J connectivity index is 2.54. The number of ether oxygens (including phenoxy) is 1. The molecule has 2 aromatic rings. The molecular weight excluding hydrogens is 275 g/mol. The first-order valence-corrected chi connectivity index (χ1v) is 6.17. The van der Waals surface area contributed by atoms with Crippen molar-refractivity contribution in [2.45, 2.75) is 6.92 Å². The van der Waals surface area contributed by atoms with Crippen LogP contribution in [0.25, 0.3) is 11.1 Å². The number of esters is 1. The minimum absolute atomic E-state index is 0.157. The molecule has 0 amide bonds. The van der Waals surface area contributed by atoms with E-state index >= 15 is 0 Å². The van der Waals surface area contributed by atoms with Crippen LogP contribution >= 0.6 is 0 Å². The Kier molecular flexibility index (Phi) is 4.03. The third kappa shape index (κ3) is 2.76. The third-order valence-electron chi connectivity index (χ3n) is 3.25. The molecule has 0 aliphatic heterocycles. The fourth-order valence-electron chi connectivity index (χ4n) is 2.14. The van der Waals surface area contributed by atoms with Crippen molar-refractivity contribution in [2.24, 2.45) is 0 Å². The Morgan fingerprint density at radius 2 is 1.86 bits per heavy atom. The molecule has 108 valence electrons. The van der Waals surface area contributed by atoms with Crippen LogP contribution < -0.4 is 0 Å². The minimum atomic E-state index is -1.04. The molecule has 0 aromatic heterocycles. The Bertz CT molecular complexity index is 722. The molecule has 2 aromatic carbocycles. The summed E-state index contributed by atoms with van der Waals surface area (Å²) in [7, 11) is 1.18. The van der Waals surface area contributed by atoms with Crippen LogP contribution in [-0.2, 0) is 4.74 Å². The first-order chi connectivity index (χ1) is 9.95. The van der Waals surface area contributed by atoms with E-state index in [-0.39, 0.29) is 11.1 Å². The zero-order valence-electron chi connectivity index (χ0n) is 11.5. The second-order valence-corrected chi connectivity index (χ2v) is 4.47. The summed E-state index contributed by atoms with van der Waals surface area (Å²) in [6.45, 7) is 1.66. The van der Waals surface area contributed by atoms with Crippen LogP contribution in [0.1, 0.15) is 26.3 Å². The monoisotopic (exact) mass is 288 g/mol. The van der Waals surface area contributed by atoms with Crippen molar-refractivity contribution in [3.8, 4) is 11.1 Å². The predicted octanol–water partition coefficient (Wildman–Crippen LogP) is 3.29. The van der Waals surface area contributed by atoms with Gasteiger partial charge in [-0.05, 0) is 41.8 Å². The van der Waals surface area contributed by atoms with Crippen molar-refractivity contribution in [1.29, 1.82) is 0 Å². The summed E-state index contributed by atoms with van der Waals surface area (Å²) in [6.07, 6.45) is 0.